The van der Waals surface area contributed by atoms with Gasteiger partial charge in [0.05, 0.1) is 18.2 Å². The number of pyridine rings is 1. The van der Waals surface area contributed by atoms with Gasteiger partial charge >= 0.3 is 12.1 Å². The third kappa shape index (κ3) is 5.70. The van der Waals surface area contributed by atoms with Crippen LogP contribution < -0.4 is 21.7 Å². The number of amidine groups is 1. The highest BCUT2D eigenvalue weighted by Crippen LogP contribution is 2.16. The van der Waals surface area contributed by atoms with Gasteiger partial charge in [-0.2, -0.15) is 0 Å². The number of hydrogen-bond donors (Lipinski definition) is 5. The molecule has 0 spiro atoms. The molecule has 1 heterocycles. The van der Waals surface area contributed by atoms with Gasteiger partial charge in [-0.3, -0.25) is 16.0 Å². The molecule has 0 saturated carbocycles. The predicted octanol–water partition coefficient (Wildman–Crippen LogP) is 2.62. The summed E-state index contributed by atoms with van der Waals surface area (Å²) in [5.74, 6) is -0.0231. The first-order valence-corrected chi connectivity index (χ1v) is 8.31. The lowest BCUT2D eigenvalue weighted by atomic mass is 10.1. The monoisotopic (exact) mass is 370 g/mol. The number of benzene rings is 1. The number of carbonyl (C=O) groups is 2. The Kier molecular flexibility index (Phi) is 6.70. The molecular formula is C18H22N6O3. The Bertz CT molecular complexity index is 825. The number of nitrogens with zero attached hydrogens (tertiary/aromatic N) is 1. The minimum atomic E-state index is -0.752. The molecular weight excluding hydrogens is 348 g/mol. The fraction of sp³-hybridized carbons (Fsp3) is 0.222. The van der Waals surface area contributed by atoms with Crippen molar-refractivity contribution in [3.63, 3.8) is 0 Å². The summed E-state index contributed by atoms with van der Waals surface area (Å²) < 4.78 is 4.71. The van der Waals surface area contributed by atoms with Gasteiger partial charge in [0.15, 0.2) is 0 Å². The smallest absolute Gasteiger partial charge is 0.412 e. The maximum atomic E-state index is 12.1. The number of nitrogens with one attached hydrogen (secondary N) is 4. The summed E-state index contributed by atoms with van der Waals surface area (Å²) in [6, 6.07) is 10.3. The Labute approximate surface area is 156 Å². The molecule has 1 aromatic heterocycles. The highest BCUT2D eigenvalue weighted by atomic mass is 16.5. The molecule has 0 bridgehead atoms. The third-order valence-corrected chi connectivity index (χ3v) is 3.60. The fourth-order valence-corrected chi connectivity index (χ4v) is 2.26. The Morgan fingerprint density at radius 2 is 2.00 bits per heavy atom. The molecule has 1 atom stereocenters. The summed E-state index contributed by atoms with van der Waals surface area (Å²) in [6.07, 6.45) is 0.540. The van der Waals surface area contributed by atoms with E-state index >= 15 is 0 Å². The number of nitrogens with two attached hydrogens (primary N) is 1. The SMILES string of the molecule is CCOC(=O)NC(=N)c1cnc(NC(=O)NC(C)c2ccccc2)cc1N. The zero-order valence-corrected chi connectivity index (χ0v) is 15.1. The first kappa shape index (κ1) is 19.7. The Morgan fingerprint density at radius 3 is 2.63 bits per heavy atom. The van der Waals surface area contributed by atoms with Gasteiger partial charge in [0, 0.05) is 18.0 Å². The van der Waals surface area contributed by atoms with Gasteiger partial charge in [-0.15, -0.1) is 0 Å². The highest BCUT2D eigenvalue weighted by Gasteiger charge is 2.14. The molecule has 2 aromatic rings. The number of carbonyl (C=O) groups excluding carboxylic acids is 2. The van der Waals surface area contributed by atoms with Crippen LogP contribution in [-0.2, 0) is 4.74 Å². The van der Waals surface area contributed by atoms with Crippen LogP contribution in [0.2, 0.25) is 0 Å². The first-order chi connectivity index (χ1) is 12.9. The van der Waals surface area contributed by atoms with Gasteiger partial charge in [-0.1, -0.05) is 30.3 Å². The lowest BCUT2D eigenvalue weighted by Gasteiger charge is -2.15. The van der Waals surface area contributed by atoms with Crippen LogP contribution >= 0.6 is 0 Å². The van der Waals surface area contributed by atoms with E-state index in [0.717, 1.165) is 5.56 Å². The van der Waals surface area contributed by atoms with E-state index in [1.54, 1.807) is 6.92 Å². The number of hydrogen-bond acceptors (Lipinski definition) is 6. The average Bonchev–Trinajstić information content (AvgIpc) is 2.62. The van der Waals surface area contributed by atoms with Crippen LogP contribution in [0.1, 0.15) is 31.0 Å². The second-order valence-corrected chi connectivity index (χ2v) is 5.61. The van der Waals surface area contributed by atoms with Crippen molar-refractivity contribution in [1.29, 1.82) is 5.41 Å². The number of amides is 3. The van der Waals surface area contributed by atoms with Gasteiger partial charge < -0.3 is 15.8 Å². The molecule has 1 unspecified atom stereocenters. The maximum Gasteiger partial charge on any atom is 0.412 e. The van der Waals surface area contributed by atoms with Gasteiger partial charge in [0.25, 0.3) is 0 Å². The number of alkyl carbamates (subject to hydrolysis) is 1. The minimum absolute atomic E-state index is 0.179. The molecule has 0 aliphatic carbocycles. The van der Waals surface area contributed by atoms with Crippen molar-refractivity contribution in [2.75, 3.05) is 17.7 Å². The molecule has 1 aromatic carbocycles. The Morgan fingerprint density at radius 1 is 1.30 bits per heavy atom. The van der Waals surface area contributed by atoms with Crippen molar-refractivity contribution in [2.24, 2.45) is 0 Å². The summed E-state index contributed by atoms with van der Waals surface area (Å²) in [5.41, 5.74) is 7.26. The Hall–Kier alpha value is -3.62. The van der Waals surface area contributed by atoms with Crippen LogP contribution in [0.25, 0.3) is 0 Å². The lowest BCUT2D eigenvalue weighted by Crippen LogP contribution is -2.32. The van der Waals surface area contributed by atoms with E-state index in [9.17, 15) is 9.59 Å². The van der Waals surface area contributed by atoms with Gasteiger partial charge in [0.2, 0.25) is 0 Å². The van der Waals surface area contributed by atoms with Crippen LogP contribution in [0.5, 0.6) is 0 Å². The molecule has 9 heteroatoms. The zero-order chi connectivity index (χ0) is 19.8. The van der Waals surface area contributed by atoms with E-state index in [1.165, 1.54) is 12.3 Å². The van der Waals surface area contributed by atoms with E-state index in [4.69, 9.17) is 15.9 Å². The second-order valence-electron chi connectivity index (χ2n) is 5.61. The lowest BCUT2D eigenvalue weighted by molar-refractivity contribution is 0.158. The van der Waals surface area contributed by atoms with Crippen LogP contribution in [0, 0.1) is 5.41 Å². The van der Waals surface area contributed by atoms with Gasteiger partial charge in [-0.05, 0) is 19.4 Å². The second kappa shape index (κ2) is 9.18. The number of nitrogen functional groups attached to an aromatic ring is 1. The van der Waals surface area contributed by atoms with Crippen LogP contribution in [0.4, 0.5) is 21.1 Å². The van der Waals surface area contributed by atoms with Crippen molar-refractivity contribution >= 4 is 29.5 Å². The number of urea groups is 1. The summed E-state index contributed by atoms with van der Waals surface area (Å²) in [5, 5.41) is 15.5. The van der Waals surface area contributed by atoms with E-state index < -0.39 is 12.1 Å². The van der Waals surface area contributed by atoms with E-state index in [0.29, 0.717) is 0 Å². The highest BCUT2D eigenvalue weighted by molar-refractivity contribution is 6.07. The van der Waals surface area contributed by atoms with Crippen molar-refractivity contribution in [1.82, 2.24) is 15.6 Å². The summed E-state index contributed by atoms with van der Waals surface area (Å²) in [7, 11) is 0. The number of aromatic nitrogens is 1. The van der Waals surface area contributed by atoms with E-state index in [2.05, 4.69) is 20.9 Å². The van der Waals surface area contributed by atoms with E-state index in [1.807, 2.05) is 37.3 Å². The molecule has 6 N–H and O–H groups in total. The fourth-order valence-electron chi connectivity index (χ4n) is 2.26. The number of rotatable bonds is 5. The first-order valence-electron chi connectivity index (χ1n) is 8.31. The van der Waals surface area contributed by atoms with Crippen LogP contribution in [0.3, 0.4) is 0 Å². The van der Waals surface area contributed by atoms with Crippen molar-refractivity contribution in [3.05, 3.63) is 53.7 Å². The normalized spacial score (nSPS) is 11.2. The van der Waals surface area contributed by atoms with Crippen LogP contribution in [0.15, 0.2) is 42.6 Å². The molecule has 0 aliphatic rings. The molecule has 0 saturated heterocycles. The largest absolute Gasteiger partial charge is 0.450 e. The van der Waals surface area contributed by atoms with Crippen molar-refractivity contribution in [2.45, 2.75) is 19.9 Å². The molecule has 142 valence electrons. The average molecular weight is 370 g/mol. The summed E-state index contributed by atoms with van der Waals surface area (Å²) in [4.78, 5) is 27.5. The molecule has 0 fully saturated rings. The molecule has 0 aliphatic heterocycles. The molecule has 9 nitrogen and oxygen atoms in total. The topological polar surface area (TPSA) is 142 Å². The third-order valence-electron chi connectivity index (χ3n) is 3.60. The van der Waals surface area contributed by atoms with Crippen molar-refractivity contribution in [3.8, 4) is 0 Å². The molecule has 2 rings (SSSR count). The standard InChI is InChI=1S/C18H22N6O3/c1-3-27-18(26)24-16(20)13-10-21-15(9-14(13)19)23-17(25)22-11(2)12-7-5-4-6-8-12/h4-11H,3H2,1-2H3,(H2,20,24,26)(H4,19,21,22,23,25). The van der Waals surface area contributed by atoms with E-state index in [-0.39, 0.29) is 35.6 Å². The maximum absolute atomic E-state index is 12.1. The number of ether oxygens (including phenoxy) is 1. The quantitative estimate of drug-likeness (QED) is 0.406. The summed E-state index contributed by atoms with van der Waals surface area (Å²) in [6.45, 7) is 3.71. The van der Waals surface area contributed by atoms with Crippen molar-refractivity contribution < 1.29 is 14.3 Å². The molecule has 3 amide bonds. The predicted molar refractivity (Wildman–Crippen MR) is 103 cm³/mol. The zero-order valence-electron chi connectivity index (χ0n) is 15.1. The van der Waals surface area contributed by atoms with Gasteiger partial charge in [0.1, 0.15) is 11.7 Å². The van der Waals surface area contributed by atoms with Gasteiger partial charge in [-0.25, -0.2) is 14.6 Å². The minimum Gasteiger partial charge on any atom is -0.450 e. The van der Waals surface area contributed by atoms with Crippen LogP contribution in [-0.4, -0.2) is 29.6 Å². The molecule has 27 heavy (non-hydrogen) atoms. The molecule has 0 radical (unpaired) electrons. The summed E-state index contributed by atoms with van der Waals surface area (Å²) >= 11 is 0. The Balaban J connectivity index is 1.97. The number of anilines is 2.